The summed E-state index contributed by atoms with van der Waals surface area (Å²) in [6, 6.07) is 8.85. The summed E-state index contributed by atoms with van der Waals surface area (Å²) >= 11 is 0. The van der Waals surface area contributed by atoms with Gasteiger partial charge in [-0.3, -0.25) is 0 Å². The Labute approximate surface area is 122 Å². The predicted molar refractivity (Wildman–Crippen MR) is 87.3 cm³/mol. The number of likely N-dealkylation sites (N-methyl/N-ethyl adjacent to an activating group) is 1. The van der Waals surface area contributed by atoms with Gasteiger partial charge in [-0.15, -0.1) is 0 Å². The summed E-state index contributed by atoms with van der Waals surface area (Å²) in [5.41, 5.74) is 2.67. The van der Waals surface area contributed by atoms with Gasteiger partial charge in [-0.2, -0.15) is 0 Å². The van der Waals surface area contributed by atoms with Crippen molar-refractivity contribution in [2.24, 2.45) is 0 Å². The van der Waals surface area contributed by atoms with Gasteiger partial charge in [0.1, 0.15) is 0 Å². The summed E-state index contributed by atoms with van der Waals surface area (Å²) < 4.78 is 2.34. The second-order valence-electron chi connectivity index (χ2n) is 5.35. The van der Waals surface area contributed by atoms with Crippen LogP contribution in [0.15, 0.2) is 30.5 Å². The second-order valence-corrected chi connectivity index (χ2v) is 5.35. The van der Waals surface area contributed by atoms with Crippen LogP contribution in [0.2, 0.25) is 0 Å². The average Bonchev–Trinajstić information content (AvgIpc) is 2.85. The smallest absolute Gasteiger partial charge is 0.0483 e. The first-order valence-corrected chi connectivity index (χ1v) is 7.73. The molecule has 20 heavy (non-hydrogen) atoms. The Hall–Kier alpha value is -1.32. The Morgan fingerprint density at radius 2 is 1.90 bits per heavy atom. The number of nitrogens with zero attached hydrogens (tertiary/aromatic N) is 2. The number of nitrogens with one attached hydrogen (secondary N) is 1. The third-order valence-electron chi connectivity index (χ3n) is 3.96. The van der Waals surface area contributed by atoms with E-state index in [4.69, 9.17) is 0 Å². The maximum atomic E-state index is 3.54. The molecule has 0 radical (unpaired) electrons. The van der Waals surface area contributed by atoms with Crippen LogP contribution in [0.1, 0.15) is 19.4 Å². The molecule has 3 nitrogen and oxygen atoms in total. The van der Waals surface area contributed by atoms with E-state index in [1.165, 1.54) is 16.5 Å². The van der Waals surface area contributed by atoms with Gasteiger partial charge in [0, 0.05) is 37.9 Å². The summed E-state index contributed by atoms with van der Waals surface area (Å²) in [6.45, 7) is 13.1. The normalized spacial score (nSPS) is 11.6. The molecule has 2 aromatic rings. The summed E-state index contributed by atoms with van der Waals surface area (Å²) in [6.07, 6.45) is 2.19. The lowest BCUT2D eigenvalue weighted by atomic mass is 10.2. The van der Waals surface area contributed by atoms with E-state index in [2.05, 4.69) is 66.0 Å². The van der Waals surface area contributed by atoms with Crippen LogP contribution in [-0.4, -0.2) is 42.2 Å². The van der Waals surface area contributed by atoms with Gasteiger partial charge < -0.3 is 14.8 Å². The third-order valence-corrected chi connectivity index (χ3v) is 3.96. The molecule has 0 amide bonds. The average molecular weight is 273 g/mol. The van der Waals surface area contributed by atoms with Crippen LogP contribution >= 0.6 is 0 Å². The summed E-state index contributed by atoms with van der Waals surface area (Å²) in [5.74, 6) is 0. The lowest BCUT2D eigenvalue weighted by molar-refractivity contribution is 0.302. The van der Waals surface area contributed by atoms with Gasteiger partial charge in [-0.25, -0.2) is 0 Å². The zero-order chi connectivity index (χ0) is 14.4. The fraction of sp³-hybridized carbons (Fsp3) is 0.529. The van der Waals surface area contributed by atoms with E-state index in [9.17, 15) is 0 Å². The Bertz CT molecular complexity index is 526. The van der Waals surface area contributed by atoms with Crippen LogP contribution in [0.3, 0.4) is 0 Å². The quantitative estimate of drug-likeness (QED) is 0.746. The SMILES string of the molecule is CCN(CC)CCNCCn1ccc2ccc(C)cc21. The Kier molecular flexibility index (Phi) is 5.62. The molecule has 0 saturated carbocycles. The molecule has 0 saturated heterocycles. The van der Waals surface area contributed by atoms with Gasteiger partial charge in [0.15, 0.2) is 0 Å². The number of hydrogen-bond donors (Lipinski definition) is 1. The van der Waals surface area contributed by atoms with Crippen molar-refractivity contribution in [3.05, 3.63) is 36.0 Å². The first-order valence-electron chi connectivity index (χ1n) is 7.73. The first-order chi connectivity index (χ1) is 9.74. The Morgan fingerprint density at radius 1 is 1.10 bits per heavy atom. The minimum Gasteiger partial charge on any atom is -0.346 e. The van der Waals surface area contributed by atoms with E-state index in [1.807, 2.05) is 0 Å². The van der Waals surface area contributed by atoms with Crippen LogP contribution in [0.5, 0.6) is 0 Å². The summed E-state index contributed by atoms with van der Waals surface area (Å²) in [4.78, 5) is 2.45. The largest absolute Gasteiger partial charge is 0.346 e. The van der Waals surface area contributed by atoms with Crippen LogP contribution < -0.4 is 5.32 Å². The van der Waals surface area contributed by atoms with Crippen LogP contribution in [0, 0.1) is 6.92 Å². The molecule has 110 valence electrons. The second kappa shape index (κ2) is 7.46. The molecule has 0 spiro atoms. The van der Waals surface area contributed by atoms with E-state index in [0.717, 1.165) is 39.3 Å². The van der Waals surface area contributed by atoms with Crippen molar-refractivity contribution in [1.29, 1.82) is 0 Å². The van der Waals surface area contributed by atoms with E-state index < -0.39 is 0 Å². The highest BCUT2D eigenvalue weighted by Gasteiger charge is 2.01. The number of aryl methyl sites for hydroxylation is 1. The first kappa shape index (κ1) is 15.1. The van der Waals surface area contributed by atoms with Crippen molar-refractivity contribution >= 4 is 10.9 Å². The van der Waals surface area contributed by atoms with E-state index in [-0.39, 0.29) is 0 Å². The van der Waals surface area contributed by atoms with Crippen molar-refractivity contribution < 1.29 is 0 Å². The van der Waals surface area contributed by atoms with E-state index in [1.54, 1.807) is 0 Å². The van der Waals surface area contributed by atoms with Gasteiger partial charge in [0.2, 0.25) is 0 Å². The van der Waals surface area contributed by atoms with Gasteiger partial charge >= 0.3 is 0 Å². The molecule has 1 N–H and O–H groups in total. The van der Waals surface area contributed by atoms with Gasteiger partial charge in [0.05, 0.1) is 0 Å². The fourth-order valence-corrected chi connectivity index (χ4v) is 2.59. The standard InChI is InChI=1S/C17H27N3/c1-4-19(5-2)12-9-18-10-13-20-11-8-16-7-6-15(3)14-17(16)20/h6-8,11,14,18H,4-5,9-10,12-13H2,1-3H3. The molecule has 0 aliphatic rings. The van der Waals surface area contributed by atoms with Crippen molar-refractivity contribution in [2.45, 2.75) is 27.3 Å². The highest BCUT2D eigenvalue weighted by Crippen LogP contribution is 2.16. The van der Waals surface area contributed by atoms with Crippen molar-refractivity contribution in [1.82, 2.24) is 14.8 Å². The molecule has 0 fully saturated rings. The third kappa shape index (κ3) is 3.84. The lowest BCUT2D eigenvalue weighted by Gasteiger charge is -2.18. The van der Waals surface area contributed by atoms with Crippen molar-refractivity contribution in [2.75, 3.05) is 32.7 Å². The maximum Gasteiger partial charge on any atom is 0.0483 e. The minimum absolute atomic E-state index is 1.03. The minimum atomic E-state index is 1.03. The molecule has 1 aromatic heterocycles. The molecule has 1 heterocycles. The van der Waals surface area contributed by atoms with E-state index >= 15 is 0 Å². The zero-order valence-corrected chi connectivity index (χ0v) is 13.0. The monoisotopic (exact) mass is 273 g/mol. The fourth-order valence-electron chi connectivity index (χ4n) is 2.59. The maximum absolute atomic E-state index is 3.54. The van der Waals surface area contributed by atoms with Crippen molar-refractivity contribution in [3.8, 4) is 0 Å². The number of fused-ring (bicyclic) bond motifs is 1. The molecule has 0 atom stereocenters. The van der Waals surface area contributed by atoms with Crippen LogP contribution in [0.4, 0.5) is 0 Å². The highest BCUT2D eigenvalue weighted by molar-refractivity contribution is 5.80. The van der Waals surface area contributed by atoms with Gasteiger partial charge in [0.25, 0.3) is 0 Å². The highest BCUT2D eigenvalue weighted by atomic mass is 15.1. The zero-order valence-electron chi connectivity index (χ0n) is 13.0. The number of benzene rings is 1. The number of aromatic nitrogens is 1. The van der Waals surface area contributed by atoms with Crippen LogP contribution in [0.25, 0.3) is 10.9 Å². The molecule has 1 aromatic carbocycles. The molecular weight excluding hydrogens is 246 g/mol. The molecule has 0 bridgehead atoms. The van der Waals surface area contributed by atoms with Gasteiger partial charge in [-0.05, 0) is 43.1 Å². The molecule has 0 unspecified atom stereocenters. The summed E-state index contributed by atoms with van der Waals surface area (Å²) in [7, 11) is 0. The molecule has 0 aliphatic heterocycles. The Morgan fingerprint density at radius 3 is 2.65 bits per heavy atom. The molecule has 2 rings (SSSR count). The lowest BCUT2D eigenvalue weighted by Crippen LogP contribution is -2.33. The molecule has 0 aliphatic carbocycles. The van der Waals surface area contributed by atoms with Crippen LogP contribution in [-0.2, 0) is 6.54 Å². The Balaban J connectivity index is 1.80. The van der Waals surface area contributed by atoms with E-state index in [0.29, 0.717) is 0 Å². The number of rotatable bonds is 8. The molecular formula is C17H27N3. The topological polar surface area (TPSA) is 20.2 Å². The predicted octanol–water partition coefficient (Wildman–Crippen LogP) is 2.88. The van der Waals surface area contributed by atoms with Crippen molar-refractivity contribution in [3.63, 3.8) is 0 Å². The van der Waals surface area contributed by atoms with Gasteiger partial charge in [-0.1, -0.05) is 26.0 Å². The molecule has 3 heteroatoms. The summed E-state index contributed by atoms with van der Waals surface area (Å²) in [5, 5.41) is 4.87. The number of hydrogen-bond acceptors (Lipinski definition) is 2.